The number of β-amino-alcohol motifs (C(OH)–C–C–N with tert-alkyl or cyclic N) is 1. The molecule has 1 saturated heterocycles. The number of anilines is 1. The van der Waals surface area contributed by atoms with Crippen LogP contribution in [0, 0.1) is 10.1 Å². The van der Waals surface area contributed by atoms with Gasteiger partial charge in [-0.15, -0.1) is 0 Å². The van der Waals surface area contributed by atoms with Gasteiger partial charge >= 0.3 is 6.03 Å². The Balaban J connectivity index is 1.92. The molecule has 2 N–H and O–H groups in total. The first-order valence-corrected chi connectivity index (χ1v) is 7.59. The van der Waals surface area contributed by atoms with Crippen LogP contribution in [0.5, 0.6) is 0 Å². The molecule has 1 aromatic rings. The fourth-order valence-electron chi connectivity index (χ4n) is 2.74. The number of carbonyl (C=O) groups excluding carboxylic acids is 1. The summed E-state index contributed by atoms with van der Waals surface area (Å²) in [4.78, 5) is 26.3. The molecule has 2 rings (SSSR count). The van der Waals surface area contributed by atoms with Gasteiger partial charge in [-0.2, -0.15) is 0 Å². The molecule has 0 radical (unpaired) electrons. The van der Waals surface area contributed by atoms with Crippen molar-refractivity contribution in [2.24, 2.45) is 0 Å². The molecule has 23 heavy (non-hydrogen) atoms. The van der Waals surface area contributed by atoms with Crippen molar-refractivity contribution in [2.75, 3.05) is 31.5 Å². The van der Waals surface area contributed by atoms with Crippen molar-refractivity contribution in [3.63, 3.8) is 0 Å². The van der Waals surface area contributed by atoms with Gasteiger partial charge in [0.05, 0.1) is 11.0 Å². The number of aliphatic hydroxyl groups is 1. The molecule has 8 nitrogen and oxygen atoms in total. The molecule has 2 atom stereocenters. The number of hydrogen-bond donors (Lipinski definition) is 2. The fourth-order valence-corrected chi connectivity index (χ4v) is 2.74. The van der Waals surface area contributed by atoms with E-state index in [4.69, 9.17) is 0 Å². The first-order valence-electron chi connectivity index (χ1n) is 7.59. The minimum absolute atomic E-state index is 0.0110. The summed E-state index contributed by atoms with van der Waals surface area (Å²) < 4.78 is 0. The van der Waals surface area contributed by atoms with Crippen molar-refractivity contribution in [1.82, 2.24) is 9.80 Å². The Morgan fingerprint density at radius 2 is 2.09 bits per heavy atom. The zero-order valence-electron chi connectivity index (χ0n) is 13.3. The summed E-state index contributed by atoms with van der Waals surface area (Å²) in [6, 6.07) is 5.57. The third kappa shape index (κ3) is 4.64. The van der Waals surface area contributed by atoms with E-state index >= 15 is 0 Å². The first kappa shape index (κ1) is 17.2. The minimum Gasteiger partial charge on any atom is -0.392 e. The number of benzene rings is 1. The van der Waals surface area contributed by atoms with Gasteiger partial charge in [-0.05, 0) is 26.0 Å². The third-order valence-corrected chi connectivity index (χ3v) is 3.82. The van der Waals surface area contributed by atoms with Gasteiger partial charge in [0.25, 0.3) is 5.69 Å². The first-order chi connectivity index (χ1) is 10.9. The highest BCUT2D eigenvalue weighted by molar-refractivity contribution is 5.89. The van der Waals surface area contributed by atoms with E-state index in [-0.39, 0.29) is 23.9 Å². The van der Waals surface area contributed by atoms with E-state index in [2.05, 4.69) is 10.2 Å². The number of urea groups is 1. The fraction of sp³-hybridized carbons (Fsp3) is 0.533. The third-order valence-electron chi connectivity index (χ3n) is 3.82. The van der Waals surface area contributed by atoms with Crippen LogP contribution in [0.25, 0.3) is 0 Å². The van der Waals surface area contributed by atoms with Crippen molar-refractivity contribution >= 4 is 17.4 Å². The van der Waals surface area contributed by atoms with E-state index in [1.54, 1.807) is 11.8 Å². The molecule has 0 unspecified atom stereocenters. The quantitative estimate of drug-likeness (QED) is 0.647. The average Bonchev–Trinajstić information content (AvgIpc) is 2.47. The van der Waals surface area contributed by atoms with Crippen LogP contribution in [-0.4, -0.2) is 64.2 Å². The van der Waals surface area contributed by atoms with Crippen LogP contribution in [0.15, 0.2) is 24.3 Å². The van der Waals surface area contributed by atoms with Crippen LogP contribution in [0.4, 0.5) is 16.2 Å². The largest absolute Gasteiger partial charge is 0.392 e. The highest BCUT2D eigenvalue weighted by Gasteiger charge is 2.27. The number of hydrogen-bond acceptors (Lipinski definition) is 5. The Morgan fingerprint density at radius 3 is 2.61 bits per heavy atom. The van der Waals surface area contributed by atoms with Crippen molar-refractivity contribution in [2.45, 2.75) is 26.0 Å². The normalized spacial score (nSPS) is 20.1. The maximum atomic E-state index is 12.3. The SMILES string of the molecule is C[C@H](O)CN1CCN(C(=O)Nc2ccc([N+](=O)[O-])cc2)[C@@H](C)C1. The summed E-state index contributed by atoms with van der Waals surface area (Å²) in [6.45, 7) is 6.30. The summed E-state index contributed by atoms with van der Waals surface area (Å²) >= 11 is 0. The van der Waals surface area contributed by atoms with Gasteiger partial charge in [-0.3, -0.25) is 15.0 Å². The van der Waals surface area contributed by atoms with Crippen LogP contribution in [0.1, 0.15) is 13.8 Å². The van der Waals surface area contributed by atoms with Gasteiger partial charge in [0, 0.05) is 50.0 Å². The minimum atomic E-state index is -0.477. The van der Waals surface area contributed by atoms with Crippen LogP contribution < -0.4 is 5.32 Å². The van der Waals surface area contributed by atoms with Crippen LogP contribution >= 0.6 is 0 Å². The molecule has 0 aromatic heterocycles. The molecule has 1 heterocycles. The lowest BCUT2D eigenvalue weighted by atomic mass is 10.2. The van der Waals surface area contributed by atoms with Crippen molar-refractivity contribution in [3.05, 3.63) is 34.4 Å². The molecule has 0 saturated carbocycles. The Morgan fingerprint density at radius 1 is 1.43 bits per heavy atom. The molecular weight excluding hydrogens is 300 g/mol. The summed E-state index contributed by atoms with van der Waals surface area (Å²) in [5.41, 5.74) is 0.516. The topological polar surface area (TPSA) is 99.0 Å². The number of rotatable bonds is 4. The van der Waals surface area contributed by atoms with E-state index in [0.717, 1.165) is 0 Å². The average molecular weight is 322 g/mol. The highest BCUT2D eigenvalue weighted by atomic mass is 16.6. The van der Waals surface area contributed by atoms with E-state index < -0.39 is 4.92 Å². The molecule has 2 amide bonds. The molecule has 0 spiro atoms. The second-order valence-electron chi connectivity index (χ2n) is 5.89. The molecular formula is C15H22N4O4. The Bertz CT molecular complexity index is 561. The number of piperazine rings is 1. The number of nitro benzene ring substituents is 1. The van der Waals surface area contributed by atoms with Crippen LogP contribution in [0.3, 0.4) is 0 Å². The number of amides is 2. The Labute approximate surface area is 134 Å². The number of nitrogens with zero attached hydrogens (tertiary/aromatic N) is 3. The van der Waals surface area contributed by atoms with E-state index in [1.165, 1.54) is 24.3 Å². The zero-order valence-corrected chi connectivity index (χ0v) is 13.3. The lowest BCUT2D eigenvalue weighted by Gasteiger charge is -2.40. The molecule has 1 fully saturated rings. The van der Waals surface area contributed by atoms with Crippen molar-refractivity contribution in [3.8, 4) is 0 Å². The summed E-state index contributed by atoms with van der Waals surface area (Å²) in [5, 5.41) is 22.8. The number of aliphatic hydroxyl groups excluding tert-OH is 1. The van der Waals surface area contributed by atoms with Gasteiger partial charge in [0.1, 0.15) is 0 Å². The van der Waals surface area contributed by atoms with Gasteiger partial charge in [0.2, 0.25) is 0 Å². The molecule has 126 valence electrons. The molecule has 0 bridgehead atoms. The monoisotopic (exact) mass is 322 g/mol. The standard InChI is InChI=1S/C15H22N4O4/c1-11-9-17(10-12(2)20)7-8-18(11)15(21)16-13-3-5-14(6-4-13)19(22)23/h3-6,11-12,20H,7-10H2,1-2H3,(H,16,21)/t11-,12-/m0/s1. The second kappa shape index (κ2) is 7.38. The maximum Gasteiger partial charge on any atom is 0.322 e. The Hall–Kier alpha value is -2.19. The van der Waals surface area contributed by atoms with E-state index in [0.29, 0.717) is 31.9 Å². The van der Waals surface area contributed by atoms with Crippen molar-refractivity contribution < 1.29 is 14.8 Å². The van der Waals surface area contributed by atoms with E-state index in [1.807, 2.05) is 6.92 Å². The smallest absolute Gasteiger partial charge is 0.322 e. The molecule has 1 aliphatic heterocycles. The molecule has 1 aliphatic rings. The van der Waals surface area contributed by atoms with Gasteiger partial charge in [-0.1, -0.05) is 0 Å². The van der Waals surface area contributed by atoms with Gasteiger partial charge in [0.15, 0.2) is 0 Å². The predicted molar refractivity (Wildman–Crippen MR) is 86.4 cm³/mol. The number of non-ortho nitro benzene ring substituents is 1. The van der Waals surface area contributed by atoms with Gasteiger partial charge < -0.3 is 15.3 Å². The van der Waals surface area contributed by atoms with Crippen LogP contribution in [-0.2, 0) is 0 Å². The summed E-state index contributed by atoms with van der Waals surface area (Å²) in [6.07, 6.45) is -0.386. The number of carbonyl (C=O) groups is 1. The van der Waals surface area contributed by atoms with Gasteiger partial charge in [-0.25, -0.2) is 4.79 Å². The summed E-state index contributed by atoms with van der Waals surface area (Å²) in [5.74, 6) is 0. The number of nitrogens with one attached hydrogen (secondary N) is 1. The van der Waals surface area contributed by atoms with E-state index in [9.17, 15) is 20.0 Å². The lowest BCUT2D eigenvalue weighted by Crippen LogP contribution is -2.56. The Kier molecular flexibility index (Phi) is 5.51. The molecule has 8 heteroatoms. The summed E-state index contributed by atoms with van der Waals surface area (Å²) in [7, 11) is 0. The highest BCUT2D eigenvalue weighted by Crippen LogP contribution is 2.17. The lowest BCUT2D eigenvalue weighted by molar-refractivity contribution is -0.384. The predicted octanol–water partition coefficient (Wildman–Crippen LogP) is 1.51. The van der Waals surface area contributed by atoms with Crippen molar-refractivity contribution in [1.29, 1.82) is 0 Å². The maximum absolute atomic E-state index is 12.3. The zero-order chi connectivity index (χ0) is 17.0. The molecule has 0 aliphatic carbocycles. The van der Waals surface area contributed by atoms with Crippen LogP contribution in [0.2, 0.25) is 0 Å². The second-order valence-corrected chi connectivity index (χ2v) is 5.89. The molecule has 1 aromatic carbocycles. The number of nitro groups is 1.